The van der Waals surface area contributed by atoms with Crippen molar-refractivity contribution in [2.75, 3.05) is 5.32 Å². The molecule has 2 aromatic rings. The number of amides is 3. The van der Waals surface area contributed by atoms with E-state index in [2.05, 4.69) is 16.0 Å². The van der Waals surface area contributed by atoms with Crippen LogP contribution in [0.3, 0.4) is 0 Å². The number of hydrogen-bond acceptors (Lipinski definition) is 4. The van der Waals surface area contributed by atoms with E-state index < -0.39 is 12.1 Å². The third-order valence-corrected chi connectivity index (χ3v) is 3.56. The molecule has 0 aliphatic rings. The van der Waals surface area contributed by atoms with Gasteiger partial charge >= 0.3 is 6.03 Å². The van der Waals surface area contributed by atoms with Gasteiger partial charge in [0.2, 0.25) is 5.91 Å². The summed E-state index contributed by atoms with van der Waals surface area (Å²) in [5.41, 5.74) is 2.42. The first kappa shape index (κ1) is 18.5. The number of anilines is 1. The van der Waals surface area contributed by atoms with Crippen molar-refractivity contribution in [3.8, 4) is 12.1 Å². The lowest BCUT2D eigenvalue weighted by Crippen LogP contribution is -2.46. The highest BCUT2D eigenvalue weighted by molar-refractivity contribution is 5.93. The largest absolute Gasteiger partial charge is 0.350 e. The monoisotopic (exact) mass is 347 g/mol. The molecule has 0 spiro atoms. The molecule has 0 radical (unpaired) electrons. The maximum atomic E-state index is 12.1. The molecule has 3 amide bonds. The lowest BCUT2D eigenvalue weighted by molar-refractivity contribution is -0.122. The average Bonchev–Trinajstić information content (AvgIpc) is 2.66. The van der Waals surface area contributed by atoms with Gasteiger partial charge in [-0.15, -0.1) is 0 Å². The van der Waals surface area contributed by atoms with Crippen LogP contribution >= 0.6 is 0 Å². The molecule has 0 aliphatic heterocycles. The van der Waals surface area contributed by atoms with Gasteiger partial charge in [-0.2, -0.15) is 10.5 Å². The lowest BCUT2D eigenvalue weighted by atomic mass is 10.1. The Labute approximate surface area is 151 Å². The van der Waals surface area contributed by atoms with Crippen LogP contribution in [0, 0.1) is 22.7 Å². The summed E-state index contributed by atoms with van der Waals surface area (Å²) in [6.45, 7) is 1.88. The molecule has 0 fully saturated rings. The molecule has 7 nitrogen and oxygen atoms in total. The van der Waals surface area contributed by atoms with Gasteiger partial charge in [-0.05, 0) is 48.9 Å². The minimum atomic E-state index is -0.730. The zero-order valence-electron chi connectivity index (χ0n) is 14.1. The Balaban J connectivity index is 1.80. The molecule has 2 rings (SSSR count). The first-order chi connectivity index (χ1) is 12.5. The van der Waals surface area contributed by atoms with Crippen molar-refractivity contribution >= 4 is 17.6 Å². The van der Waals surface area contributed by atoms with Crippen molar-refractivity contribution in [3.05, 3.63) is 65.2 Å². The molecule has 7 heteroatoms. The Morgan fingerprint density at radius 3 is 2.04 bits per heavy atom. The molecule has 0 saturated heterocycles. The molecule has 0 bridgehead atoms. The van der Waals surface area contributed by atoms with E-state index >= 15 is 0 Å². The number of nitriles is 2. The van der Waals surface area contributed by atoms with Crippen LogP contribution in [0.5, 0.6) is 0 Å². The average molecular weight is 347 g/mol. The van der Waals surface area contributed by atoms with Gasteiger partial charge in [-0.25, -0.2) is 4.79 Å². The van der Waals surface area contributed by atoms with Crippen LogP contribution in [0.1, 0.15) is 23.6 Å². The fraction of sp³-hybridized carbons (Fsp3) is 0.158. The van der Waals surface area contributed by atoms with Crippen LogP contribution in [0.25, 0.3) is 0 Å². The topological polar surface area (TPSA) is 118 Å². The second kappa shape index (κ2) is 8.86. The summed E-state index contributed by atoms with van der Waals surface area (Å²) in [4.78, 5) is 24.0. The van der Waals surface area contributed by atoms with E-state index in [-0.39, 0.29) is 5.91 Å². The van der Waals surface area contributed by atoms with Gasteiger partial charge in [0, 0.05) is 12.2 Å². The normalized spacial score (nSPS) is 10.7. The van der Waals surface area contributed by atoms with Gasteiger partial charge in [0.15, 0.2) is 0 Å². The highest BCUT2D eigenvalue weighted by Crippen LogP contribution is 2.08. The van der Waals surface area contributed by atoms with Crippen LogP contribution in [0.4, 0.5) is 10.5 Å². The molecule has 1 atom stereocenters. The predicted octanol–water partition coefficient (Wildman–Crippen LogP) is 2.26. The lowest BCUT2D eigenvalue weighted by Gasteiger charge is -2.15. The number of nitrogens with zero attached hydrogens (tertiary/aromatic N) is 2. The molecule has 2 aromatic carbocycles. The maximum absolute atomic E-state index is 12.1. The molecular weight excluding hydrogens is 330 g/mol. The van der Waals surface area contributed by atoms with Crippen LogP contribution in [0.2, 0.25) is 0 Å². The summed E-state index contributed by atoms with van der Waals surface area (Å²) in [6, 6.07) is 16.0. The summed E-state index contributed by atoms with van der Waals surface area (Å²) < 4.78 is 0. The maximum Gasteiger partial charge on any atom is 0.319 e. The number of carbonyl (C=O) groups is 2. The Hall–Kier alpha value is -3.84. The number of nitrogens with one attached hydrogen (secondary N) is 3. The number of urea groups is 1. The first-order valence-electron chi connectivity index (χ1n) is 7.86. The van der Waals surface area contributed by atoms with E-state index in [0.717, 1.165) is 5.56 Å². The van der Waals surface area contributed by atoms with Gasteiger partial charge in [0.1, 0.15) is 6.04 Å². The van der Waals surface area contributed by atoms with Gasteiger partial charge in [-0.3, -0.25) is 4.79 Å². The minimum Gasteiger partial charge on any atom is -0.350 e. The number of hydrogen-bond donors (Lipinski definition) is 3. The van der Waals surface area contributed by atoms with Crippen LogP contribution in [-0.4, -0.2) is 18.0 Å². The van der Waals surface area contributed by atoms with Crippen LogP contribution < -0.4 is 16.0 Å². The zero-order chi connectivity index (χ0) is 18.9. The van der Waals surface area contributed by atoms with E-state index in [1.165, 1.54) is 0 Å². The van der Waals surface area contributed by atoms with Crippen molar-refractivity contribution in [3.63, 3.8) is 0 Å². The molecule has 130 valence electrons. The fourth-order valence-corrected chi connectivity index (χ4v) is 2.10. The van der Waals surface area contributed by atoms with Gasteiger partial charge in [-0.1, -0.05) is 12.1 Å². The second-order valence-electron chi connectivity index (χ2n) is 5.54. The van der Waals surface area contributed by atoms with Crippen LogP contribution in [-0.2, 0) is 11.3 Å². The number of benzene rings is 2. The van der Waals surface area contributed by atoms with E-state index in [4.69, 9.17) is 10.5 Å². The second-order valence-corrected chi connectivity index (χ2v) is 5.54. The molecule has 0 aromatic heterocycles. The number of carbonyl (C=O) groups excluding carboxylic acids is 2. The fourth-order valence-electron chi connectivity index (χ4n) is 2.10. The van der Waals surface area contributed by atoms with E-state index in [1.807, 2.05) is 12.1 Å². The van der Waals surface area contributed by atoms with Crippen molar-refractivity contribution < 1.29 is 9.59 Å². The molecule has 0 unspecified atom stereocenters. The first-order valence-corrected chi connectivity index (χ1v) is 7.86. The summed E-state index contributed by atoms with van der Waals surface area (Å²) in [5.74, 6) is -0.329. The molecule has 0 aliphatic carbocycles. The van der Waals surface area contributed by atoms with Crippen molar-refractivity contribution in [1.82, 2.24) is 10.6 Å². The van der Waals surface area contributed by atoms with Crippen molar-refractivity contribution in [1.29, 1.82) is 10.5 Å². The molecule has 0 heterocycles. The Morgan fingerprint density at radius 2 is 1.50 bits per heavy atom. The van der Waals surface area contributed by atoms with Crippen molar-refractivity contribution in [2.24, 2.45) is 0 Å². The SMILES string of the molecule is C[C@H](NC(=O)Nc1ccc(C#N)cc1)C(=O)NCc1ccc(C#N)cc1. The van der Waals surface area contributed by atoms with Crippen LogP contribution in [0.15, 0.2) is 48.5 Å². The molecular formula is C19H17N5O2. The molecule has 0 saturated carbocycles. The van der Waals surface area contributed by atoms with Gasteiger partial charge < -0.3 is 16.0 Å². The minimum absolute atomic E-state index is 0.299. The standard InChI is InChI=1S/C19H17N5O2/c1-13(18(25)22-12-16-4-2-14(10-20)3-5-16)23-19(26)24-17-8-6-15(11-21)7-9-17/h2-9,13H,12H2,1H3,(H,22,25)(H2,23,24,26)/t13-/m0/s1. The van der Waals surface area contributed by atoms with Gasteiger partial charge in [0.05, 0.1) is 23.3 Å². The quantitative estimate of drug-likeness (QED) is 0.769. The zero-order valence-corrected chi connectivity index (χ0v) is 14.1. The highest BCUT2D eigenvalue weighted by Gasteiger charge is 2.15. The van der Waals surface area contributed by atoms with Crippen molar-refractivity contribution in [2.45, 2.75) is 19.5 Å². The Kier molecular flexibility index (Phi) is 6.30. The van der Waals surface area contributed by atoms with Gasteiger partial charge in [0.25, 0.3) is 0 Å². The highest BCUT2D eigenvalue weighted by atomic mass is 16.2. The summed E-state index contributed by atoms with van der Waals surface area (Å²) in [6.07, 6.45) is 0. The summed E-state index contributed by atoms with van der Waals surface area (Å²) >= 11 is 0. The van der Waals surface area contributed by atoms with E-state index in [9.17, 15) is 9.59 Å². The molecule has 26 heavy (non-hydrogen) atoms. The third-order valence-electron chi connectivity index (χ3n) is 3.56. The molecule has 3 N–H and O–H groups in total. The van der Waals surface area contributed by atoms with E-state index in [1.54, 1.807) is 55.5 Å². The Morgan fingerprint density at radius 1 is 0.962 bits per heavy atom. The smallest absolute Gasteiger partial charge is 0.319 e. The predicted molar refractivity (Wildman–Crippen MR) is 95.8 cm³/mol. The van der Waals surface area contributed by atoms with E-state index in [0.29, 0.717) is 23.4 Å². The third kappa shape index (κ3) is 5.36. The number of rotatable bonds is 5. The Bertz CT molecular complexity index is 861. The summed E-state index contributed by atoms with van der Waals surface area (Å²) in [7, 11) is 0. The summed E-state index contributed by atoms with van der Waals surface area (Å²) in [5, 5.41) is 25.4.